The third kappa shape index (κ3) is 5.29. The van der Waals surface area contributed by atoms with E-state index in [-0.39, 0.29) is 12.0 Å². The van der Waals surface area contributed by atoms with Crippen molar-refractivity contribution in [2.45, 2.75) is 49.3 Å². The van der Waals surface area contributed by atoms with Crippen molar-refractivity contribution in [3.05, 3.63) is 53.9 Å². The Morgan fingerprint density at radius 3 is 3.06 bits per heavy atom. The van der Waals surface area contributed by atoms with Gasteiger partial charge in [0.15, 0.2) is 0 Å². The van der Waals surface area contributed by atoms with Gasteiger partial charge in [-0.25, -0.2) is 4.98 Å². The quantitative estimate of drug-likeness (QED) is 0.548. The molecule has 2 aromatic heterocycles. The van der Waals surface area contributed by atoms with Crippen LogP contribution >= 0.6 is 11.8 Å². The molecule has 5 rings (SSSR count). The number of fused-ring (bicyclic) bond motifs is 2. The maximum atomic E-state index is 11.6. The molecule has 0 radical (unpaired) electrons. The molecule has 2 N–H and O–H groups in total. The molecule has 0 unspecified atom stereocenters. The Morgan fingerprint density at radius 1 is 1.27 bits per heavy atom. The summed E-state index contributed by atoms with van der Waals surface area (Å²) in [6.45, 7) is 1.37. The SMILES string of the molecule is COc1cnc2cccc(CC[C@@H]3CC[C@@H](NCc4ccc5c(n4)NC(=O)CS5)CO3)c2c1. The molecule has 2 atom stereocenters. The summed E-state index contributed by atoms with van der Waals surface area (Å²) in [6, 6.07) is 12.7. The molecule has 0 saturated carbocycles. The molecule has 1 saturated heterocycles. The molecule has 172 valence electrons. The second kappa shape index (κ2) is 10.1. The lowest BCUT2D eigenvalue weighted by atomic mass is 9.97. The van der Waals surface area contributed by atoms with Gasteiger partial charge in [0, 0.05) is 18.0 Å². The monoisotopic (exact) mass is 464 g/mol. The van der Waals surface area contributed by atoms with E-state index in [1.807, 2.05) is 18.2 Å². The summed E-state index contributed by atoms with van der Waals surface area (Å²) < 4.78 is 11.5. The normalized spacial score (nSPS) is 20.3. The number of carbonyl (C=O) groups is 1. The minimum absolute atomic E-state index is 0.00994. The van der Waals surface area contributed by atoms with Gasteiger partial charge in [-0.15, -0.1) is 11.8 Å². The second-order valence-electron chi connectivity index (χ2n) is 8.49. The van der Waals surface area contributed by atoms with E-state index in [0.717, 1.165) is 52.9 Å². The van der Waals surface area contributed by atoms with E-state index in [0.29, 0.717) is 30.8 Å². The number of hydrogen-bond acceptors (Lipinski definition) is 7. The number of aryl methyl sites for hydroxylation is 1. The van der Waals surface area contributed by atoms with E-state index >= 15 is 0 Å². The molecule has 7 nitrogen and oxygen atoms in total. The van der Waals surface area contributed by atoms with Crippen LogP contribution in [0.5, 0.6) is 5.75 Å². The number of nitrogens with one attached hydrogen (secondary N) is 2. The van der Waals surface area contributed by atoms with Gasteiger partial charge in [0.05, 0.1) is 47.9 Å². The first kappa shape index (κ1) is 22.1. The molecular formula is C25H28N4O3S. The lowest BCUT2D eigenvalue weighted by Crippen LogP contribution is -2.39. The minimum atomic E-state index is 0.00994. The van der Waals surface area contributed by atoms with E-state index in [2.05, 4.69) is 38.8 Å². The molecule has 2 aliphatic rings. The molecular weight excluding hydrogens is 436 g/mol. The van der Waals surface area contributed by atoms with Crippen LogP contribution in [0, 0.1) is 0 Å². The third-order valence-electron chi connectivity index (χ3n) is 6.24. The van der Waals surface area contributed by atoms with Crippen LogP contribution in [0.2, 0.25) is 0 Å². The Kier molecular flexibility index (Phi) is 6.75. The van der Waals surface area contributed by atoms with E-state index in [1.54, 1.807) is 13.3 Å². The van der Waals surface area contributed by atoms with Gasteiger partial charge in [-0.05, 0) is 55.5 Å². The van der Waals surface area contributed by atoms with Crippen LogP contribution in [-0.4, -0.2) is 47.5 Å². The first-order valence-electron chi connectivity index (χ1n) is 11.4. The highest BCUT2D eigenvalue weighted by Crippen LogP contribution is 2.30. The van der Waals surface area contributed by atoms with Crippen LogP contribution in [0.3, 0.4) is 0 Å². The summed E-state index contributed by atoms with van der Waals surface area (Å²) in [5.41, 5.74) is 3.21. The van der Waals surface area contributed by atoms with Gasteiger partial charge < -0.3 is 20.1 Å². The summed E-state index contributed by atoms with van der Waals surface area (Å²) in [4.78, 5) is 21.7. The topological polar surface area (TPSA) is 85.4 Å². The number of aromatic nitrogens is 2. The van der Waals surface area contributed by atoms with Crippen molar-refractivity contribution in [1.29, 1.82) is 0 Å². The number of benzene rings is 1. The van der Waals surface area contributed by atoms with Crippen LogP contribution in [0.1, 0.15) is 30.5 Å². The van der Waals surface area contributed by atoms with Crippen LogP contribution in [0.15, 0.2) is 47.5 Å². The summed E-state index contributed by atoms with van der Waals surface area (Å²) >= 11 is 1.53. The van der Waals surface area contributed by atoms with Gasteiger partial charge in [0.25, 0.3) is 0 Å². The van der Waals surface area contributed by atoms with Crippen LogP contribution in [0.4, 0.5) is 5.82 Å². The van der Waals surface area contributed by atoms with E-state index < -0.39 is 0 Å². The highest BCUT2D eigenvalue weighted by molar-refractivity contribution is 8.00. The van der Waals surface area contributed by atoms with Crippen molar-refractivity contribution in [3.63, 3.8) is 0 Å². The fourth-order valence-electron chi connectivity index (χ4n) is 4.38. The Morgan fingerprint density at radius 2 is 2.21 bits per heavy atom. The molecule has 1 amide bonds. The number of pyridine rings is 2. The minimum Gasteiger partial charge on any atom is -0.495 e. The fraction of sp³-hybridized carbons (Fsp3) is 0.400. The second-order valence-corrected chi connectivity index (χ2v) is 9.51. The van der Waals surface area contributed by atoms with Crippen LogP contribution < -0.4 is 15.4 Å². The Balaban J connectivity index is 1.11. The molecule has 1 fully saturated rings. The largest absolute Gasteiger partial charge is 0.495 e. The molecule has 33 heavy (non-hydrogen) atoms. The average molecular weight is 465 g/mol. The maximum Gasteiger partial charge on any atom is 0.235 e. The zero-order valence-electron chi connectivity index (χ0n) is 18.7. The Bertz CT molecular complexity index is 1150. The summed E-state index contributed by atoms with van der Waals surface area (Å²) in [5, 5.41) is 7.56. The van der Waals surface area contributed by atoms with Crippen molar-refractivity contribution >= 4 is 34.4 Å². The zero-order chi connectivity index (χ0) is 22.6. The summed E-state index contributed by atoms with van der Waals surface area (Å²) in [6.07, 6.45) is 6.09. The van der Waals surface area contributed by atoms with Gasteiger partial charge >= 0.3 is 0 Å². The van der Waals surface area contributed by atoms with Crippen molar-refractivity contribution in [2.75, 3.05) is 24.8 Å². The standard InChI is InChI=1S/C25H28N4O3S/c1-31-20-11-21-16(3-2-4-22(21)27-13-20)5-8-19-9-6-18(14-32-19)26-12-17-7-10-23-25(28-17)29-24(30)15-33-23/h2-4,7,10-11,13,18-19,26H,5-6,8-9,12,14-15H2,1H3,(H,28,29,30)/t18-,19-/m1/s1. The first-order chi connectivity index (χ1) is 16.2. The molecule has 8 heteroatoms. The summed E-state index contributed by atoms with van der Waals surface area (Å²) in [7, 11) is 1.67. The molecule has 0 aliphatic carbocycles. The van der Waals surface area contributed by atoms with Crippen molar-refractivity contribution in [3.8, 4) is 5.75 Å². The number of anilines is 1. The van der Waals surface area contributed by atoms with Crippen molar-refractivity contribution < 1.29 is 14.3 Å². The Labute approximate surface area is 197 Å². The molecule has 4 heterocycles. The number of ether oxygens (including phenoxy) is 2. The number of nitrogens with zero attached hydrogens (tertiary/aromatic N) is 2. The number of carbonyl (C=O) groups excluding carboxylic acids is 1. The smallest absolute Gasteiger partial charge is 0.235 e. The molecule has 3 aromatic rings. The lowest BCUT2D eigenvalue weighted by molar-refractivity contribution is -0.113. The van der Waals surface area contributed by atoms with Gasteiger partial charge in [-0.2, -0.15) is 0 Å². The predicted molar refractivity (Wildman–Crippen MR) is 130 cm³/mol. The van der Waals surface area contributed by atoms with Crippen molar-refractivity contribution in [2.24, 2.45) is 0 Å². The Hall–Kier alpha value is -2.68. The predicted octanol–water partition coefficient (Wildman–Crippen LogP) is 3.95. The van der Waals surface area contributed by atoms with Gasteiger partial charge in [0.2, 0.25) is 5.91 Å². The highest BCUT2D eigenvalue weighted by Gasteiger charge is 2.22. The fourth-order valence-corrected chi connectivity index (χ4v) is 5.14. The average Bonchev–Trinajstić information content (AvgIpc) is 2.86. The van der Waals surface area contributed by atoms with Gasteiger partial charge in [-0.1, -0.05) is 12.1 Å². The maximum absolute atomic E-state index is 11.6. The molecule has 2 aliphatic heterocycles. The number of rotatable bonds is 7. The summed E-state index contributed by atoms with van der Waals surface area (Å²) in [5.74, 6) is 1.93. The molecule has 1 aromatic carbocycles. The lowest BCUT2D eigenvalue weighted by Gasteiger charge is -2.30. The number of amides is 1. The van der Waals surface area contributed by atoms with E-state index in [1.165, 1.54) is 17.3 Å². The number of thioether (sulfide) groups is 1. The number of methoxy groups -OCH3 is 1. The van der Waals surface area contributed by atoms with Gasteiger partial charge in [-0.3, -0.25) is 9.78 Å². The number of hydrogen-bond donors (Lipinski definition) is 2. The van der Waals surface area contributed by atoms with Crippen LogP contribution in [-0.2, 0) is 22.5 Å². The molecule has 0 spiro atoms. The van der Waals surface area contributed by atoms with Crippen molar-refractivity contribution in [1.82, 2.24) is 15.3 Å². The zero-order valence-corrected chi connectivity index (χ0v) is 19.5. The van der Waals surface area contributed by atoms with E-state index in [9.17, 15) is 4.79 Å². The van der Waals surface area contributed by atoms with Crippen LogP contribution in [0.25, 0.3) is 10.9 Å². The van der Waals surface area contributed by atoms with Gasteiger partial charge in [0.1, 0.15) is 11.6 Å². The molecule has 0 bridgehead atoms. The highest BCUT2D eigenvalue weighted by atomic mass is 32.2. The van der Waals surface area contributed by atoms with E-state index in [4.69, 9.17) is 9.47 Å². The third-order valence-corrected chi connectivity index (χ3v) is 7.28. The first-order valence-corrected chi connectivity index (χ1v) is 12.4.